The van der Waals surface area contributed by atoms with E-state index in [9.17, 15) is 14.4 Å². The molecule has 0 unspecified atom stereocenters. The zero-order valence-electron chi connectivity index (χ0n) is 16.4. The lowest BCUT2D eigenvalue weighted by Gasteiger charge is -2.07. The molecule has 0 fully saturated rings. The highest BCUT2D eigenvalue weighted by Gasteiger charge is 2.04. The van der Waals surface area contributed by atoms with Crippen LogP contribution in [-0.2, 0) is 19.1 Å². The molecule has 0 aliphatic rings. The third-order valence-corrected chi connectivity index (χ3v) is 3.63. The molecule has 0 aromatic rings. The summed E-state index contributed by atoms with van der Waals surface area (Å²) < 4.78 is 9.90. The van der Waals surface area contributed by atoms with Crippen molar-refractivity contribution in [2.75, 3.05) is 26.3 Å². The molecule has 0 saturated carbocycles. The minimum atomic E-state index is -0.372. The molecular formula is C19H36N2O5. The Balaban J connectivity index is 3.34. The van der Waals surface area contributed by atoms with Crippen LogP contribution in [0, 0.1) is 0 Å². The van der Waals surface area contributed by atoms with Crippen LogP contribution in [0.3, 0.4) is 0 Å². The van der Waals surface area contributed by atoms with Gasteiger partial charge in [0.1, 0.15) is 0 Å². The van der Waals surface area contributed by atoms with E-state index in [2.05, 4.69) is 10.6 Å². The summed E-state index contributed by atoms with van der Waals surface area (Å²) in [5, 5.41) is 5.58. The number of ether oxygens (including phenoxy) is 2. The van der Waals surface area contributed by atoms with E-state index in [4.69, 9.17) is 9.47 Å². The lowest BCUT2D eigenvalue weighted by molar-refractivity contribution is -0.143. The van der Waals surface area contributed by atoms with E-state index < -0.39 is 0 Å². The van der Waals surface area contributed by atoms with Crippen LogP contribution in [0.25, 0.3) is 0 Å². The van der Waals surface area contributed by atoms with Crippen molar-refractivity contribution in [3.05, 3.63) is 0 Å². The zero-order valence-corrected chi connectivity index (χ0v) is 16.4. The first-order valence-electron chi connectivity index (χ1n) is 9.93. The highest BCUT2D eigenvalue weighted by molar-refractivity contribution is 5.75. The van der Waals surface area contributed by atoms with Crippen LogP contribution in [0.4, 0.5) is 4.79 Å². The predicted octanol–water partition coefficient (Wildman–Crippen LogP) is 3.31. The molecule has 7 heteroatoms. The summed E-state index contributed by atoms with van der Waals surface area (Å²) in [6.45, 7) is 6.07. The highest BCUT2D eigenvalue weighted by atomic mass is 16.5. The summed E-state index contributed by atoms with van der Waals surface area (Å²) in [4.78, 5) is 34.2. The summed E-state index contributed by atoms with van der Waals surface area (Å²) in [6, 6.07) is 0. The second-order valence-corrected chi connectivity index (χ2v) is 6.25. The number of esters is 1. The van der Waals surface area contributed by atoms with Gasteiger partial charge in [-0.25, -0.2) is 4.79 Å². The first kappa shape index (κ1) is 24.2. The molecule has 7 nitrogen and oxygen atoms in total. The number of hydrogen-bond donors (Lipinski definition) is 2. The standard InChI is InChI=1S/C19H36N2O5/c1-3-15-25-18(23)12-8-6-9-13-20-17(22)11-7-5-10-14-21-19(24)26-16-4-2/h3-16H2,1-2H3,(H,20,22)(H,21,24). The molecule has 0 saturated heterocycles. The van der Waals surface area contributed by atoms with Crippen molar-refractivity contribution in [1.82, 2.24) is 10.6 Å². The van der Waals surface area contributed by atoms with E-state index in [-0.39, 0.29) is 18.0 Å². The third-order valence-electron chi connectivity index (χ3n) is 3.63. The van der Waals surface area contributed by atoms with Gasteiger partial charge in [-0.3, -0.25) is 9.59 Å². The maximum atomic E-state index is 11.7. The number of alkyl carbamates (subject to hydrolysis) is 1. The minimum Gasteiger partial charge on any atom is -0.466 e. The van der Waals surface area contributed by atoms with Crippen LogP contribution in [-0.4, -0.2) is 44.3 Å². The summed E-state index contributed by atoms with van der Waals surface area (Å²) in [5.74, 6) is -0.0772. The van der Waals surface area contributed by atoms with Crippen LogP contribution in [0.2, 0.25) is 0 Å². The van der Waals surface area contributed by atoms with Crippen molar-refractivity contribution in [3.8, 4) is 0 Å². The van der Waals surface area contributed by atoms with Crippen LogP contribution in [0.15, 0.2) is 0 Å². The van der Waals surface area contributed by atoms with Crippen LogP contribution >= 0.6 is 0 Å². The molecule has 0 spiro atoms. The first-order chi connectivity index (χ1) is 12.6. The topological polar surface area (TPSA) is 93.7 Å². The molecule has 0 atom stereocenters. The summed E-state index contributed by atoms with van der Waals surface area (Å²) in [7, 11) is 0. The van der Waals surface area contributed by atoms with Crippen molar-refractivity contribution in [2.45, 2.75) is 78.1 Å². The average Bonchev–Trinajstić information content (AvgIpc) is 2.63. The molecule has 0 aliphatic carbocycles. The van der Waals surface area contributed by atoms with Gasteiger partial charge in [-0.2, -0.15) is 0 Å². The molecule has 0 heterocycles. The minimum absolute atomic E-state index is 0.0580. The fraction of sp³-hybridized carbons (Fsp3) is 0.842. The highest BCUT2D eigenvalue weighted by Crippen LogP contribution is 2.02. The van der Waals surface area contributed by atoms with Gasteiger partial charge in [-0.1, -0.05) is 26.7 Å². The molecule has 2 amide bonds. The van der Waals surface area contributed by atoms with Crippen LogP contribution in [0.5, 0.6) is 0 Å². The van der Waals surface area contributed by atoms with E-state index in [0.29, 0.717) is 39.1 Å². The predicted molar refractivity (Wildman–Crippen MR) is 101 cm³/mol. The molecular weight excluding hydrogens is 336 g/mol. The van der Waals surface area contributed by atoms with E-state index in [1.807, 2.05) is 13.8 Å². The smallest absolute Gasteiger partial charge is 0.407 e. The second-order valence-electron chi connectivity index (χ2n) is 6.25. The zero-order chi connectivity index (χ0) is 19.5. The SMILES string of the molecule is CCCOC(=O)CCCCCNC(=O)CCCCCNC(=O)OCCC. The van der Waals surface area contributed by atoms with Gasteiger partial charge in [0, 0.05) is 25.9 Å². The van der Waals surface area contributed by atoms with Gasteiger partial charge in [0.25, 0.3) is 0 Å². The third kappa shape index (κ3) is 17.0. The molecule has 0 aromatic carbocycles. The number of nitrogens with one attached hydrogen (secondary N) is 2. The first-order valence-corrected chi connectivity index (χ1v) is 9.93. The van der Waals surface area contributed by atoms with Gasteiger partial charge in [0.15, 0.2) is 0 Å². The van der Waals surface area contributed by atoms with Gasteiger partial charge in [-0.05, 0) is 38.5 Å². The number of hydrogen-bond acceptors (Lipinski definition) is 5. The van der Waals surface area contributed by atoms with E-state index >= 15 is 0 Å². The normalized spacial score (nSPS) is 10.2. The van der Waals surface area contributed by atoms with Gasteiger partial charge in [0.2, 0.25) is 5.91 Å². The maximum Gasteiger partial charge on any atom is 0.407 e. The maximum absolute atomic E-state index is 11.7. The van der Waals surface area contributed by atoms with Crippen molar-refractivity contribution < 1.29 is 23.9 Å². The Morgan fingerprint density at radius 3 is 1.92 bits per heavy atom. The lowest BCUT2D eigenvalue weighted by atomic mass is 10.1. The number of unbranched alkanes of at least 4 members (excludes halogenated alkanes) is 4. The van der Waals surface area contributed by atoms with E-state index in [1.165, 1.54) is 0 Å². The fourth-order valence-electron chi connectivity index (χ4n) is 2.20. The van der Waals surface area contributed by atoms with Gasteiger partial charge in [-0.15, -0.1) is 0 Å². The number of amides is 2. The number of carbonyl (C=O) groups is 3. The van der Waals surface area contributed by atoms with Crippen molar-refractivity contribution in [2.24, 2.45) is 0 Å². The molecule has 0 aromatic heterocycles. The number of rotatable bonds is 16. The van der Waals surface area contributed by atoms with Crippen LogP contribution in [0.1, 0.15) is 78.1 Å². The molecule has 26 heavy (non-hydrogen) atoms. The summed E-state index contributed by atoms with van der Waals surface area (Å²) >= 11 is 0. The van der Waals surface area contributed by atoms with E-state index in [1.54, 1.807) is 0 Å². The second kappa shape index (κ2) is 18.0. The fourth-order valence-corrected chi connectivity index (χ4v) is 2.20. The Hall–Kier alpha value is -1.79. The molecule has 2 N–H and O–H groups in total. The Morgan fingerprint density at radius 2 is 1.27 bits per heavy atom. The van der Waals surface area contributed by atoms with Crippen molar-refractivity contribution in [1.29, 1.82) is 0 Å². The molecule has 0 bridgehead atoms. The number of carbonyl (C=O) groups excluding carboxylic acids is 3. The average molecular weight is 373 g/mol. The Bertz CT molecular complexity index is 354. The quantitative estimate of drug-likeness (QED) is 0.320. The lowest BCUT2D eigenvalue weighted by Crippen LogP contribution is -2.26. The molecule has 0 radical (unpaired) electrons. The Labute approximate surface area is 157 Å². The summed E-state index contributed by atoms with van der Waals surface area (Å²) in [6.07, 6.45) is 7.35. The van der Waals surface area contributed by atoms with Gasteiger partial charge in [0.05, 0.1) is 13.2 Å². The largest absolute Gasteiger partial charge is 0.466 e. The molecule has 152 valence electrons. The monoisotopic (exact) mass is 372 g/mol. The molecule has 0 rings (SSSR count). The van der Waals surface area contributed by atoms with Crippen molar-refractivity contribution in [3.63, 3.8) is 0 Å². The van der Waals surface area contributed by atoms with Gasteiger partial charge >= 0.3 is 12.1 Å². The van der Waals surface area contributed by atoms with Crippen LogP contribution < -0.4 is 10.6 Å². The molecule has 0 aliphatic heterocycles. The van der Waals surface area contributed by atoms with Gasteiger partial charge < -0.3 is 20.1 Å². The summed E-state index contributed by atoms with van der Waals surface area (Å²) in [5.41, 5.74) is 0. The Morgan fingerprint density at radius 1 is 0.692 bits per heavy atom. The Kier molecular flexibility index (Phi) is 16.8. The van der Waals surface area contributed by atoms with E-state index in [0.717, 1.165) is 51.4 Å². The van der Waals surface area contributed by atoms with Crippen molar-refractivity contribution >= 4 is 18.0 Å².